The van der Waals surface area contributed by atoms with E-state index >= 15 is 0 Å². The molecule has 10 heteroatoms. The van der Waals surface area contributed by atoms with Crippen molar-refractivity contribution >= 4 is 5.78 Å². The third-order valence-electron chi connectivity index (χ3n) is 3.49. The average Bonchev–Trinajstić information content (AvgIpc) is 3.05. The quantitative estimate of drug-likeness (QED) is 0.499. The zero-order chi connectivity index (χ0) is 19.6. The van der Waals surface area contributed by atoms with Gasteiger partial charge in [-0.25, -0.2) is 14.1 Å². The molecule has 0 saturated carbocycles. The number of pyridine rings is 1. The number of ether oxygens (including phenoxy) is 1. The van der Waals surface area contributed by atoms with Crippen LogP contribution in [0.15, 0.2) is 42.6 Å². The number of benzene rings is 1. The third-order valence-corrected chi connectivity index (χ3v) is 3.49. The molecule has 0 aliphatic rings. The molecule has 2 aromatic heterocycles. The number of hydrogen-bond acceptors (Lipinski definition) is 5. The van der Waals surface area contributed by atoms with Crippen LogP contribution in [0, 0.1) is 5.82 Å². The van der Waals surface area contributed by atoms with E-state index in [1.807, 2.05) is 0 Å². The second-order valence-electron chi connectivity index (χ2n) is 5.57. The van der Waals surface area contributed by atoms with E-state index in [-0.39, 0.29) is 23.6 Å². The van der Waals surface area contributed by atoms with Crippen molar-refractivity contribution in [2.75, 3.05) is 0 Å². The molecule has 3 aromatic rings. The lowest BCUT2D eigenvalue weighted by molar-refractivity contribution is -0.274. The molecule has 0 aliphatic carbocycles. The van der Waals surface area contributed by atoms with E-state index in [1.165, 1.54) is 17.8 Å². The Labute approximate surface area is 150 Å². The second-order valence-corrected chi connectivity index (χ2v) is 5.57. The molecular weight excluding hydrogens is 368 g/mol. The van der Waals surface area contributed by atoms with Crippen LogP contribution in [0.5, 0.6) is 5.75 Å². The molecule has 0 N–H and O–H groups in total. The summed E-state index contributed by atoms with van der Waals surface area (Å²) in [7, 11) is 0. The van der Waals surface area contributed by atoms with Crippen LogP contribution < -0.4 is 4.74 Å². The molecule has 27 heavy (non-hydrogen) atoms. The minimum absolute atomic E-state index is 0.0568. The number of alkyl halides is 3. The topological polar surface area (TPSA) is 69.9 Å². The van der Waals surface area contributed by atoms with Gasteiger partial charge in [0.2, 0.25) is 0 Å². The lowest BCUT2D eigenvalue weighted by atomic mass is 10.2. The van der Waals surface area contributed by atoms with E-state index in [1.54, 1.807) is 18.2 Å². The monoisotopic (exact) mass is 380 g/mol. The summed E-state index contributed by atoms with van der Waals surface area (Å²) in [5.41, 5.74) is 0.925. The Morgan fingerprint density at radius 2 is 1.96 bits per heavy atom. The molecule has 0 radical (unpaired) electrons. The van der Waals surface area contributed by atoms with Crippen LogP contribution in [0.4, 0.5) is 17.6 Å². The van der Waals surface area contributed by atoms with Crippen molar-refractivity contribution in [3.63, 3.8) is 0 Å². The maximum atomic E-state index is 13.9. The standard InChI is InChI=1S/C17H12F4N4O2/c1-10(26)14-3-2-4-15(22-14)16-9-25(24-23-16)8-11-7-12(5-6-13(11)18)27-17(19,20)21/h2-7,9H,8H2,1H3. The van der Waals surface area contributed by atoms with E-state index in [0.29, 0.717) is 11.4 Å². The number of rotatable bonds is 5. The maximum absolute atomic E-state index is 13.9. The number of hydrogen-bond donors (Lipinski definition) is 0. The first kappa shape index (κ1) is 18.5. The van der Waals surface area contributed by atoms with Crippen LogP contribution in [0.25, 0.3) is 11.4 Å². The molecule has 3 rings (SSSR count). The van der Waals surface area contributed by atoms with Crippen LogP contribution in [0.3, 0.4) is 0 Å². The van der Waals surface area contributed by atoms with E-state index in [9.17, 15) is 22.4 Å². The molecule has 1 aromatic carbocycles. The number of Topliss-reactive ketones (excluding diaryl/α,β-unsaturated/α-hetero) is 1. The molecule has 0 spiro atoms. The summed E-state index contributed by atoms with van der Waals surface area (Å²) in [5, 5.41) is 7.72. The molecule has 0 unspecified atom stereocenters. The molecule has 6 nitrogen and oxygen atoms in total. The van der Waals surface area contributed by atoms with Gasteiger partial charge >= 0.3 is 6.36 Å². The fraction of sp³-hybridized carbons (Fsp3) is 0.176. The number of halogens is 4. The molecule has 0 saturated heterocycles. The summed E-state index contributed by atoms with van der Waals surface area (Å²) in [5.74, 6) is -1.46. The van der Waals surface area contributed by atoms with E-state index in [2.05, 4.69) is 20.0 Å². The molecule has 0 amide bonds. The van der Waals surface area contributed by atoms with Crippen molar-refractivity contribution in [2.45, 2.75) is 19.8 Å². The molecule has 0 fully saturated rings. The maximum Gasteiger partial charge on any atom is 0.573 e. The lowest BCUT2D eigenvalue weighted by Crippen LogP contribution is -2.17. The second kappa shape index (κ2) is 7.14. The average molecular weight is 380 g/mol. The first-order chi connectivity index (χ1) is 12.7. The van der Waals surface area contributed by atoms with Crippen molar-refractivity contribution in [2.24, 2.45) is 0 Å². The van der Waals surface area contributed by atoms with Gasteiger partial charge in [-0.3, -0.25) is 4.79 Å². The van der Waals surface area contributed by atoms with Crippen LogP contribution in [0.1, 0.15) is 23.0 Å². The van der Waals surface area contributed by atoms with E-state index in [4.69, 9.17) is 0 Å². The molecule has 0 bridgehead atoms. The number of carbonyl (C=O) groups is 1. The number of ketones is 1. The van der Waals surface area contributed by atoms with Gasteiger partial charge in [0.15, 0.2) is 5.78 Å². The van der Waals surface area contributed by atoms with Gasteiger partial charge in [0.1, 0.15) is 23.0 Å². The van der Waals surface area contributed by atoms with Crippen LogP contribution in [0.2, 0.25) is 0 Å². The summed E-state index contributed by atoms with van der Waals surface area (Å²) >= 11 is 0. The minimum Gasteiger partial charge on any atom is -0.406 e. The highest BCUT2D eigenvalue weighted by Crippen LogP contribution is 2.25. The Bertz CT molecular complexity index is 985. The highest BCUT2D eigenvalue weighted by Gasteiger charge is 2.31. The van der Waals surface area contributed by atoms with Crippen LogP contribution >= 0.6 is 0 Å². The Balaban J connectivity index is 1.83. The normalized spacial score (nSPS) is 11.4. The zero-order valence-electron chi connectivity index (χ0n) is 13.9. The predicted octanol–water partition coefficient (Wildman–Crippen LogP) is 3.63. The van der Waals surface area contributed by atoms with Gasteiger partial charge in [0.25, 0.3) is 0 Å². The fourth-order valence-corrected chi connectivity index (χ4v) is 2.31. The Morgan fingerprint density at radius 1 is 1.19 bits per heavy atom. The van der Waals surface area contributed by atoms with Crippen LogP contribution in [-0.4, -0.2) is 32.1 Å². The van der Waals surface area contributed by atoms with Crippen molar-refractivity contribution < 1.29 is 27.1 Å². The van der Waals surface area contributed by atoms with E-state index < -0.39 is 17.9 Å². The SMILES string of the molecule is CC(=O)c1cccc(-c2cn(Cc3cc(OC(F)(F)F)ccc3F)nn2)n1. The summed E-state index contributed by atoms with van der Waals surface area (Å²) in [6.45, 7) is 1.21. The lowest BCUT2D eigenvalue weighted by Gasteiger charge is -2.10. The number of nitrogens with zero attached hydrogens (tertiary/aromatic N) is 4. The van der Waals surface area contributed by atoms with Crippen molar-refractivity contribution in [3.05, 3.63) is 59.7 Å². The first-order valence-corrected chi connectivity index (χ1v) is 7.64. The van der Waals surface area contributed by atoms with Gasteiger partial charge < -0.3 is 4.74 Å². The first-order valence-electron chi connectivity index (χ1n) is 7.64. The largest absolute Gasteiger partial charge is 0.573 e. The molecular formula is C17H12F4N4O2. The highest BCUT2D eigenvalue weighted by molar-refractivity contribution is 5.92. The molecule has 2 heterocycles. The van der Waals surface area contributed by atoms with Crippen molar-refractivity contribution in [1.29, 1.82) is 0 Å². The van der Waals surface area contributed by atoms with Gasteiger partial charge in [0.05, 0.1) is 18.4 Å². The van der Waals surface area contributed by atoms with Crippen molar-refractivity contribution in [3.8, 4) is 17.1 Å². The Hall–Kier alpha value is -3.30. The van der Waals surface area contributed by atoms with Crippen molar-refractivity contribution in [1.82, 2.24) is 20.0 Å². The fourth-order valence-electron chi connectivity index (χ4n) is 2.31. The van der Waals surface area contributed by atoms with Gasteiger partial charge in [-0.1, -0.05) is 11.3 Å². The summed E-state index contributed by atoms with van der Waals surface area (Å²) in [6, 6.07) is 7.52. The van der Waals surface area contributed by atoms with E-state index in [0.717, 1.165) is 18.2 Å². The predicted molar refractivity (Wildman–Crippen MR) is 85.4 cm³/mol. The van der Waals surface area contributed by atoms with Crippen LogP contribution in [-0.2, 0) is 6.54 Å². The Morgan fingerprint density at radius 3 is 2.67 bits per heavy atom. The Kier molecular flexibility index (Phi) is 4.89. The summed E-state index contributed by atoms with van der Waals surface area (Å²) < 4.78 is 55.9. The summed E-state index contributed by atoms with van der Waals surface area (Å²) in [6.07, 6.45) is -3.42. The highest BCUT2D eigenvalue weighted by atomic mass is 19.4. The van der Waals surface area contributed by atoms with Gasteiger partial charge in [-0.2, -0.15) is 0 Å². The smallest absolute Gasteiger partial charge is 0.406 e. The molecule has 0 aliphatic heterocycles. The molecule has 140 valence electrons. The van der Waals surface area contributed by atoms with Gasteiger partial charge in [-0.15, -0.1) is 18.3 Å². The third kappa shape index (κ3) is 4.66. The minimum atomic E-state index is -4.87. The number of aromatic nitrogens is 4. The number of carbonyl (C=O) groups excluding carboxylic acids is 1. The van der Waals surface area contributed by atoms with Gasteiger partial charge in [-0.05, 0) is 30.3 Å². The zero-order valence-corrected chi connectivity index (χ0v) is 13.9. The van der Waals surface area contributed by atoms with Gasteiger partial charge in [0, 0.05) is 12.5 Å². The molecule has 0 atom stereocenters. The summed E-state index contributed by atoms with van der Waals surface area (Å²) in [4.78, 5) is 15.6.